The summed E-state index contributed by atoms with van der Waals surface area (Å²) >= 11 is 5.61. The van der Waals surface area contributed by atoms with Gasteiger partial charge in [0.05, 0.1) is 12.3 Å². The monoisotopic (exact) mass is 318 g/mol. The van der Waals surface area contributed by atoms with Crippen molar-refractivity contribution in [3.05, 3.63) is 30.3 Å². The second-order valence-electron chi connectivity index (χ2n) is 4.71. The lowest BCUT2D eigenvalue weighted by molar-refractivity contribution is -0.116. The number of sulfonamides is 1. The molecular formula is C13H19ClN2O3S. The highest BCUT2D eigenvalue weighted by molar-refractivity contribution is 7.89. The van der Waals surface area contributed by atoms with Crippen molar-refractivity contribution in [2.24, 2.45) is 5.92 Å². The van der Waals surface area contributed by atoms with Crippen molar-refractivity contribution in [1.29, 1.82) is 0 Å². The number of benzene rings is 1. The Labute approximate surface area is 125 Å². The third-order valence-corrected chi connectivity index (χ3v) is 5.25. The number of nitrogens with one attached hydrogen (secondary N) is 1. The van der Waals surface area contributed by atoms with Gasteiger partial charge in [-0.25, -0.2) is 8.42 Å². The van der Waals surface area contributed by atoms with Gasteiger partial charge in [-0.15, -0.1) is 11.6 Å². The zero-order chi connectivity index (χ0) is 15.2. The van der Waals surface area contributed by atoms with Gasteiger partial charge in [0, 0.05) is 18.6 Å². The van der Waals surface area contributed by atoms with Gasteiger partial charge in [-0.2, -0.15) is 4.31 Å². The molecule has 0 saturated heterocycles. The summed E-state index contributed by atoms with van der Waals surface area (Å²) in [5, 5.41) is 2.64. The summed E-state index contributed by atoms with van der Waals surface area (Å²) in [6.07, 6.45) is 0. The largest absolute Gasteiger partial charge is 0.325 e. The van der Waals surface area contributed by atoms with Crippen LogP contribution in [0.2, 0.25) is 0 Å². The molecule has 0 heterocycles. The maximum Gasteiger partial charge on any atom is 0.239 e. The number of hydrogen-bond acceptors (Lipinski definition) is 3. The number of rotatable bonds is 7. The number of hydrogen-bond donors (Lipinski definition) is 1. The van der Waals surface area contributed by atoms with Crippen LogP contribution >= 0.6 is 11.6 Å². The van der Waals surface area contributed by atoms with Crippen molar-refractivity contribution < 1.29 is 13.2 Å². The van der Waals surface area contributed by atoms with Gasteiger partial charge >= 0.3 is 0 Å². The Balaban J connectivity index is 2.57. The zero-order valence-electron chi connectivity index (χ0n) is 11.5. The number of likely N-dealkylation sites (N-methyl/N-ethyl adjacent to an activating group) is 1. The summed E-state index contributed by atoms with van der Waals surface area (Å²) in [6, 6.07) is 8.89. The van der Waals surface area contributed by atoms with Gasteiger partial charge < -0.3 is 5.32 Å². The average Bonchev–Trinajstić information content (AvgIpc) is 2.39. The van der Waals surface area contributed by atoms with Crippen LogP contribution < -0.4 is 5.32 Å². The minimum atomic E-state index is -3.47. The van der Waals surface area contributed by atoms with E-state index >= 15 is 0 Å². The van der Waals surface area contributed by atoms with Crippen molar-refractivity contribution in [2.75, 3.05) is 30.5 Å². The third-order valence-electron chi connectivity index (χ3n) is 2.66. The van der Waals surface area contributed by atoms with Crippen LogP contribution in [-0.4, -0.2) is 43.9 Å². The smallest absolute Gasteiger partial charge is 0.239 e. The van der Waals surface area contributed by atoms with E-state index in [2.05, 4.69) is 5.32 Å². The molecule has 7 heteroatoms. The summed E-state index contributed by atoms with van der Waals surface area (Å²) in [4.78, 5) is 11.8. The number of amides is 1. The first-order valence-corrected chi connectivity index (χ1v) is 8.34. The van der Waals surface area contributed by atoms with E-state index in [0.29, 0.717) is 5.69 Å². The molecule has 0 aliphatic carbocycles. The van der Waals surface area contributed by atoms with E-state index in [1.165, 1.54) is 7.05 Å². The summed E-state index contributed by atoms with van der Waals surface area (Å²) in [5.41, 5.74) is 0.637. The van der Waals surface area contributed by atoms with E-state index in [1.54, 1.807) is 31.2 Å². The van der Waals surface area contributed by atoms with Crippen LogP contribution in [0, 0.1) is 5.92 Å². The summed E-state index contributed by atoms with van der Waals surface area (Å²) in [6.45, 7) is 1.54. The molecule has 0 aromatic heterocycles. The van der Waals surface area contributed by atoms with Crippen LogP contribution in [0.25, 0.3) is 0 Å². The van der Waals surface area contributed by atoms with E-state index in [4.69, 9.17) is 11.6 Å². The molecule has 0 aliphatic heterocycles. The first-order chi connectivity index (χ1) is 9.35. The highest BCUT2D eigenvalue weighted by Crippen LogP contribution is 2.09. The average molecular weight is 319 g/mol. The molecule has 1 aromatic rings. The van der Waals surface area contributed by atoms with Crippen LogP contribution in [0.15, 0.2) is 30.3 Å². The van der Waals surface area contributed by atoms with Crippen LogP contribution in [0.3, 0.4) is 0 Å². The Kier molecular flexibility index (Phi) is 6.45. The molecule has 0 saturated carbocycles. The third kappa shape index (κ3) is 5.48. The molecule has 112 valence electrons. The standard InChI is InChI=1S/C13H19ClN2O3S/c1-11(8-14)10-20(18,19)16(2)9-13(17)15-12-6-4-3-5-7-12/h3-7,11H,8-10H2,1-2H3,(H,15,17). The van der Waals surface area contributed by atoms with Crippen LogP contribution in [0.4, 0.5) is 5.69 Å². The zero-order valence-corrected chi connectivity index (χ0v) is 13.1. The van der Waals surface area contributed by atoms with E-state index in [-0.39, 0.29) is 30.0 Å². The van der Waals surface area contributed by atoms with Gasteiger partial charge in [-0.1, -0.05) is 25.1 Å². The summed E-state index contributed by atoms with van der Waals surface area (Å²) in [7, 11) is -2.08. The summed E-state index contributed by atoms with van der Waals surface area (Å²) < 4.78 is 25.0. The van der Waals surface area contributed by atoms with Crippen molar-refractivity contribution in [1.82, 2.24) is 4.31 Å². The van der Waals surface area contributed by atoms with Crippen molar-refractivity contribution in [2.45, 2.75) is 6.92 Å². The Hall–Kier alpha value is -1.11. The molecule has 0 bridgehead atoms. The second kappa shape index (κ2) is 7.61. The fraction of sp³-hybridized carbons (Fsp3) is 0.462. The number of para-hydroxylation sites is 1. The van der Waals surface area contributed by atoms with Crippen molar-refractivity contribution in [3.8, 4) is 0 Å². The SMILES string of the molecule is CC(CCl)CS(=O)(=O)N(C)CC(=O)Nc1ccccc1. The quantitative estimate of drug-likeness (QED) is 0.779. The number of halogens is 1. The Morgan fingerprint density at radius 1 is 1.35 bits per heavy atom. The molecule has 0 aliphatic rings. The number of carbonyl (C=O) groups is 1. The number of nitrogens with zero attached hydrogens (tertiary/aromatic N) is 1. The maximum atomic E-state index is 12.0. The molecule has 0 fully saturated rings. The first kappa shape index (κ1) is 16.9. The van der Waals surface area contributed by atoms with Gasteiger partial charge in [-0.05, 0) is 18.1 Å². The highest BCUT2D eigenvalue weighted by Gasteiger charge is 2.22. The van der Waals surface area contributed by atoms with Crippen LogP contribution in [0.5, 0.6) is 0 Å². The Bertz CT molecular complexity index is 534. The molecule has 1 N–H and O–H groups in total. The topological polar surface area (TPSA) is 66.5 Å². The fourth-order valence-electron chi connectivity index (χ4n) is 1.55. The van der Waals surface area contributed by atoms with Crippen LogP contribution in [0.1, 0.15) is 6.92 Å². The van der Waals surface area contributed by atoms with E-state index in [0.717, 1.165) is 4.31 Å². The van der Waals surface area contributed by atoms with Gasteiger partial charge in [0.2, 0.25) is 15.9 Å². The summed E-state index contributed by atoms with van der Waals surface area (Å²) in [5.74, 6) is -0.323. The molecule has 0 radical (unpaired) electrons. The number of carbonyl (C=O) groups excluding carboxylic acids is 1. The normalized spacial score (nSPS) is 13.2. The minimum absolute atomic E-state index is 0.0639. The molecule has 1 unspecified atom stereocenters. The predicted octanol–water partition coefficient (Wildman–Crippen LogP) is 1.76. The first-order valence-electron chi connectivity index (χ1n) is 6.20. The molecule has 5 nitrogen and oxygen atoms in total. The molecule has 0 spiro atoms. The molecule has 20 heavy (non-hydrogen) atoms. The maximum absolute atomic E-state index is 12.0. The van der Waals surface area contributed by atoms with E-state index in [9.17, 15) is 13.2 Å². The van der Waals surface area contributed by atoms with Crippen molar-refractivity contribution >= 4 is 33.2 Å². The highest BCUT2D eigenvalue weighted by atomic mass is 35.5. The van der Waals surface area contributed by atoms with Gasteiger partial charge in [0.15, 0.2) is 0 Å². The molecule has 1 amide bonds. The van der Waals surface area contributed by atoms with Crippen LogP contribution in [-0.2, 0) is 14.8 Å². The Morgan fingerprint density at radius 3 is 2.50 bits per heavy atom. The second-order valence-corrected chi connectivity index (χ2v) is 7.14. The van der Waals surface area contributed by atoms with E-state index in [1.807, 2.05) is 6.07 Å². The number of anilines is 1. The Morgan fingerprint density at radius 2 is 1.95 bits per heavy atom. The van der Waals surface area contributed by atoms with Crippen molar-refractivity contribution in [3.63, 3.8) is 0 Å². The van der Waals surface area contributed by atoms with E-state index < -0.39 is 10.0 Å². The lowest BCUT2D eigenvalue weighted by atomic mass is 10.3. The predicted molar refractivity (Wildman–Crippen MR) is 81.4 cm³/mol. The van der Waals surface area contributed by atoms with Gasteiger partial charge in [-0.3, -0.25) is 4.79 Å². The van der Waals surface area contributed by atoms with Gasteiger partial charge in [0.25, 0.3) is 0 Å². The lowest BCUT2D eigenvalue weighted by Gasteiger charge is -2.18. The lowest BCUT2D eigenvalue weighted by Crippen LogP contribution is -2.37. The minimum Gasteiger partial charge on any atom is -0.325 e. The molecule has 1 atom stereocenters. The molecule has 1 aromatic carbocycles. The molecular weight excluding hydrogens is 300 g/mol. The fourth-order valence-corrected chi connectivity index (χ4v) is 3.20. The van der Waals surface area contributed by atoms with Gasteiger partial charge in [0.1, 0.15) is 0 Å². The molecule has 1 rings (SSSR count). The number of alkyl halides is 1.